The van der Waals surface area contributed by atoms with Gasteiger partial charge in [0.2, 0.25) is 0 Å². The Morgan fingerprint density at radius 1 is 1.53 bits per heavy atom. The fourth-order valence-electron chi connectivity index (χ4n) is 1.21. The minimum Gasteiger partial charge on any atom is -0.450 e. The van der Waals surface area contributed by atoms with E-state index in [1.54, 1.807) is 25.1 Å². The van der Waals surface area contributed by atoms with Crippen LogP contribution < -0.4 is 0 Å². The lowest BCUT2D eigenvalue weighted by atomic mass is 10.1. The van der Waals surface area contributed by atoms with Crippen LogP contribution in [-0.4, -0.2) is 17.4 Å². The van der Waals surface area contributed by atoms with Gasteiger partial charge in [-0.05, 0) is 24.6 Å². The Morgan fingerprint density at radius 2 is 2.20 bits per heavy atom. The molecular weight excluding hydrogens is 239 g/mol. The van der Waals surface area contributed by atoms with Crippen LogP contribution in [0.15, 0.2) is 18.2 Å². The average molecular weight is 249 g/mol. The van der Waals surface area contributed by atoms with Crippen molar-refractivity contribution in [3.63, 3.8) is 0 Å². The first-order valence-corrected chi connectivity index (χ1v) is 5.08. The summed E-state index contributed by atoms with van der Waals surface area (Å²) in [5, 5.41) is 9.47. The van der Waals surface area contributed by atoms with Crippen LogP contribution in [0.1, 0.15) is 12.5 Å². The summed E-state index contributed by atoms with van der Waals surface area (Å²) in [6.07, 6.45) is -1.28. The van der Waals surface area contributed by atoms with Gasteiger partial charge in [-0.1, -0.05) is 29.3 Å². The fraction of sp³-hybridized carbons (Fsp3) is 0.300. The first kappa shape index (κ1) is 12.1. The van der Waals surface area contributed by atoms with E-state index < -0.39 is 12.3 Å². The second-order valence-corrected chi connectivity index (χ2v) is 3.98. The Balaban J connectivity index is 2.68. The smallest absolute Gasteiger partial charge is 0.450 e. The normalized spacial score (nSPS) is 12.2. The molecule has 0 heterocycles. The summed E-state index contributed by atoms with van der Waals surface area (Å²) >= 11 is 11.7. The molecule has 0 amide bonds. The van der Waals surface area contributed by atoms with Gasteiger partial charge in [-0.15, -0.1) is 0 Å². The largest absolute Gasteiger partial charge is 0.506 e. The van der Waals surface area contributed by atoms with E-state index in [-0.39, 0.29) is 0 Å². The van der Waals surface area contributed by atoms with Gasteiger partial charge in [0.1, 0.15) is 6.10 Å². The minimum atomic E-state index is -1.28. The van der Waals surface area contributed by atoms with E-state index in [0.717, 1.165) is 5.56 Å². The summed E-state index contributed by atoms with van der Waals surface area (Å²) in [4.78, 5) is 10.3. The molecule has 0 radical (unpaired) electrons. The summed E-state index contributed by atoms with van der Waals surface area (Å²) in [6, 6.07) is 5.08. The molecule has 1 aromatic carbocycles. The van der Waals surface area contributed by atoms with Gasteiger partial charge in [0, 0.05) is 16.5 Å². The summed E-state index contributed by atoms with van der Waals surface area (Å²) in [5.74, 6) is 0. The van der Waals surface area contributed by atoms with Crippen LogP contribution in [0.5, 0.6) is 0 Å². The molecule has 82 valence electrons. The highest BCUT2D eigenvalue weighted by Crippen LogP contribution is 2.22. The average Bonchev–Trinajstić information content (AvgIpc) is 2.08. The third-order valence-electron chi connectivity index (χ3n) is 1.82. The lowest BCUT2D eigenvalue weighted by molar-refractivity contribution is 0.0593. The van der Waals surface area contributed by atoms with E-state index in [2.05, 4.69) is 4.74 Å². The quantitative estimate of drug-likeness (QED) is 0.832. The topological polar surface area (TPSA) is 46.5 Å². The highest BCUT2D eigenvalue weighted by Gasteiger charge is 2.10. The number of benzene rings is 1. The van der Waals surface area contributed by atoms with Crippen molar-refractivity contribution < 1.29 is 14.6 Å². The molecule has 0 fully saturated rings. The molecule has 0 saturated heterocycles. The van der Waals surface area contributed by atoms with Gasteiger partial charge < -0.3 is 9.84 Å². The third-order valence-corrected chi connectivity index (χ3v) is 2.41. The maximum Gasteiger partial charge on any atom is 0.506 e. The van der Waals surface area contributed by atoms with Gasteiger partial charge in [-0.25, -0.2) is 4.79 Å². The number of hydrogen-bond acceptors (Lipinski definition) is 2. The van der Waals surface area contributed by atoms with Crippen LogP contribution in [0, 0.1) is 0 Å². The van der Waals surface area contributed by atoms with E-state index in [4.69, 9.17) is 28.3 Å². The van der Waals surface area contributed by atoms with Crippen LogP contribution in [0.25, 0.3) is 0 Å². The van der Waals surface area contributed by atoms with Gasteiger partial charge in [-0.3, -0.25) is 0 Å². The molecule has 1 atom stereocenters. The van der Waals surface area contributed by atoms with Crippen LogP contribution in [0.3, 0.4) is 0 Å². The Kier molecular flexibility index (Phi) is 4.24. The molecule has 1 rings (SSSR count). The molecule has 0 spiro atoms. The van der Waals surface area contributed by atoms with Gasteiger partial charge in [0.15, 0.2) is 0 Å². The second-order valence-electron chi connectivity index (χ2n) is 3.13. The first-order chi connectivity index (χ1) is 6.99. The number of carboxylic acid groups (broad SMARTS) is 1. The lowest BCUT2D eigenvalue weighted by Gasteiger charge is -2.11. The lowest BCUT2D eigenvalue weighted by Crippen LogP contribution is -2.15. The maximum atomic E-state index is 10.3. The molecule has 3 nitrogen and oxygen atoms in total. The van der Waals surface area contributed by atoms with E-state index in [9.17, 15) is 4.79 Å². The van der Waals surface area contributed by atoms with Gasteiger partial charge in [0.05, 0.1) is 0 Å². The number of halogens is 2. The van der Waals surface area contributed by atoms with E-state index in [1.807, 2.05) is 0 Å². The molecule has 1 aromatic rings. The number of hydrogen-bond donors (Lipinski definition) is 1. The Labute approximate surface area is 97.6 Å². The highest BCUT2D eigenvalue weighted by atomic mass is 35.5. The van der Waals surface area contributed by atoms with E-state index >= 15 is 0 Å². The Bertz CT molecular complexity index is 366. The zero-order valence-corrected chi connectivity index (χ0v) is 9.55. The molecular formula is C10H10Cl2O3. The molecule has 0 aliphatic rings. The Morgan fingerprint density at radius 3 is 2.73 bits per heavy atom. The van der Waals surface area contributed by atoms with E-state index in [1.165, 1.54) is 0 Å². The molecule has 0 aromatic heterocycles. The fourth-order valence-corrected chi connectivity index (χ4v) is 1.70. The zero-order chi connectivity index (χ0) is 11.4. The summed E-state index contributed by atoms with van der Waals surface area (Å²) < 4.78 is 4.56. The highest BCUT2D eigenvalue weighted by molar-refractivity contribution is 6.35. The third kappa shape index (κ3) is 3.98. The summed E-state index contributed by atoms with van der Waals surface area (Å²) in [7, 11) is 0. The van der Waals surface area contributed by atoms with Crippen LogP contribution >= 0.6 is 23.2 Å². The summed E-state index contributed by atoms with van der Waals surface area (Å²) in [6.45, 7) is 1.67. The van der Waals surface area contributed by atoms with Crippen molar-refractivity contribution in [1.29, 1.82) is 0 Å². The number of ether oxygens (including phenoxy) is 1. The molecule has 15 heavy (non-hydrogen) atoms. The van der Waals surface area contributed by atoms with Crippen molar-refractivity contribution >= 4 is 29.4 Å². The van der Waals surface area contributed by atoms with Gasteiger partial charge in [-0.2, -0.15) is 0 Å². The van der Waals surface area contributed by atoms with Crippen LogP contribution in [-0.2, 0) is 11.2 Å². The first-order valence-electron chi connectivity index (χ1n) is 4.32. The standard InChI is InChI=1S/C10H10Cl2O3/c1-6(15-10(13)14)4-7-2-3-8(11)5-9(7)12/h2-3,5-6H,4H2,1H3,(H,13,14)/t6-/m1/s1. The van der Waals surface area contributed by atoms with Crippen LogP contribution in [0.2, 0.25) is 10.0 Å². The van der Waals surface area contributed by atoms with Crippen molar-refractivity contribution in [2.24, 2.45) is 0 Å². The van der Waals surface area contributed by atoms with Gasteiger partial charge >= 0.3 is 6.16 Å². The molecule has 5 heteroatoms. The molecule has 0 saturated carbocycles. The predicted octanol–water partition coefficient (Wildman–Crippen LogP) is 3.62. The van der Waals surface area contributed by atoms with Crippen LogP contribution in [0.4, 0.5) is 4.79 Å². The monoisotopic (exact) mass is 248 g/mol. The van der Waals surface area contributed by atoms with Crippen molar-refractivity contribution in [3.05, 3.63) is 33.8 Å². The van der Waals surface area contributed by atoms with Crippen molar-refractivity contribution in [2.75, 3.05) is 0 Å². The SMILES string of the molecule is C[C@H](Cc1ccc(Cl)cc1Cl)OC(=O)O. The molecule has 1 N–H and O–H groups in total. The molecule has 0 aliphatic carbocycles. The maximum absolute atomic E-state index is 10.3. The van der Waals surface area contributed by atoms with Crippen molar-refractivity contribution in [1.82, 2.24) is 0 Å². The molecule has 0 bridgehead atoms. The van der Waals surface area contributed by atoms with Crippen molar-refractivity contribution in [3.8, 4) is 0 Å². The number of carbonyl (C=O) groups is 1. The molecule has 0 unspecified atom stereocenters. The Hall–Kier alpha value is -0.930. The van der Waals surface area contributed by atoms with E-state index in [0.29, 0.717) is 16.5 Å². The van der Waals surface area contributed by atoms with Gasteiger partial charge in [0.25, 0.3) is 0 Å². The second kappa shape index (κ2) is 5.24. The number of rotatable bonds is 3. The predicted molar refractivity (Wildman–Crippen MR) is 58.7 cm³/mol. The van der Waals surface area contributed by atoms with Crippen molar-refractivity contribution in [2.45, 2.75) is 19.4 Å². The summed E-state index contributed by atoms with van der Waals surface area (Å²) in [5.41, 5.74) is 0.815. The minimum absolute atomic E-state index is 0.429. The zero-order valence-electron chi connectivity index (χ0n) is 8.04. The molecule has 0 aliphatic heterocycles.